The Kier molecular flexibility index (Phi) is 3.47. The Morgan fingerprint density at radius 2 is 2.16 bits per heavy atom. The highest BCUT2D eigenvalue weighted by molar-refractivity contribution is 7.90. The highest BCUT2D eigenvalue weighted by Gasteiger charge is 2.12. The van der Waals surface area contributed by atoms with Crippen LogP contribution >= 0.6 is 0 Å². The molecule has 0 aliphatic heterocycles. The number of nitrogens with two attached hydrogens (primary N) is 1. The van der Waals surface area contributed by atoms with Crippen LogP contribution in [0.25, 0.3) is 11.4 Å². The molecule has 1 heterocycles. The summed E-state index contributed by atoms with van der Waals surface area (Å²) < 4.78 is 36.7. The Hall–Kier alpha value is -2.03. The van der Waals surface area contributed by atoms with Crippen molar-refractivity contribution in [2.45, 2.75) is 6.54 Å². The molecule has 1 aromatic carbocycles. The van der Waals surface area contributed by atoms with E-state index in [0.717, 1.165) is 6.26 Å². The third-order valence-electron chi connectivity index (χ3n) is 2.46. The zero-order valence-corrected chi connectivity index (χ0v) is 10.9. The number of halogens is 1. The van der Waals surface area contributed by atoms with Crippen molar-refractivity contribution in [3.63, 3.8) is 0 Å². The Morgan fingerprint density at radius 1 is 1.42 bits per heavy atom. The van der Waals surface area contributed by atoms with Crippen LogP contribution < -0.4 is 5.73 Å². The van der Waals surface area contributed by atoms with Crippen LogP contribution in [-0.2, 0) is 16.4 Å². The van der Waals surface area contributed by atoms with Crippen molar-refractivity contribution >= 4 is 15.5 Å². The Morgan fingerprint density at radius 3 is 2.79 bits per heavy atom. The Bertz CT molecular complexity index is 698. The van der Waals surface area contributed by atoms with Gasteiger partial charge in [-0.1, -0.05) is 0 Å². The first-order chi connectivity index (χ1) is 8.87. The number of aryl methyl sites for hydroxylation is 1. The molecule has 0 atom stereocenters. The van der Waals surface area contributed by atoms with Crippen molar-refractivity contribution in [3.05, 3.63) is 24.0 Å². The van der Waals surface area contributed by atoms with E-state index in [-0.39, 0.29) is 18.0 Å². The van der Waals surface area contributed by atoms with Crippen molar-refractivity contribution in [2.75, 3.05) is 17.7 Å². The number of rotatable bonds is 4. The summed E-state index contributed by atoms with van der Waals surface area (Å²) in [6, 6.07) is 4.09. The SMILES string of the molecule is CS(=O)(=O)CCn1nnnc1-c1ccc(F)c(N)c1. The molecule has 7 nitrogen and oxygen atoms in total. The van der Waals surface area contributed by atoms with Gasteiger partial charge in [0, 0.05) is 11.8 Å². The van der Waals surface area contributed by atoms with Gasteiger partial charge in [0.2, 0.25) is 0 Å². The lowest BCUT2D eigenvalue weighted by Crippen LogP contribution is -2.13. The monoisotopic (exact) mass is 285 g/mol. The summed E-state index contributed by atoms with van der Waals surface area (Å²) >= 11 is 0. The molecule has 19 heavy (non-hydrogen) atoms. The first-order valence-corrected chi connectivity index (χ1v) is 7.42. The molecule has 2 aromatic rings. The van der Waals surface area contributed by atoms with Crippen LogP contribution in [0, 0.1) is 5.82 Å². The molecule has 1 aromatic heterocycles. The number of nitrogens with zero attached hydrogens (tertiary/aromatic N) is 4. The molecule has 0 saturated heterocycles. The molecule has 0 aliphatic rings. The minimum Gasteiger partial charge on any atom is -0.396 e. The normalized spacial score (nSPS) is 11.7. The highest BCUT2D eigenvalue weighted by Crippen LogP contribution is 2.20. The van der Waals surface area contributed by atoms with Gasteiger partial charge in [-0.25, -0.2) is 17.5 Å². The fraction of sp³-hybridized carbons (Fsp3) is 0.300. The van der Waals surface area contributed by atoms with Gasteiger partial charge in [-0.3, -0.25) is 0 Å². The fourth-order valence-electron chi connectivity index (χ4n) is 1.50. The van der Waals surface area contributed by atoms with E-state index in [1.54, 1.807) is 0 Å². The minimum absolute atomic E-state index is 0.0184. The predicted octanol–water partition coefficient (Wildman–Crippen LogP) is 0.106. The van der Waals surface area contributed by atoms with Crippen molar-refractivity contribution in [1.82, 2.24) is 20.2 Å². The van der Waals surface area contributed by atoms with Crippen LogP contribution in [0.3, 0.4) is 0 Å². The van der Waals surface area contributed by atoms with Gasteiger partial charge in [-0.2, -0.15) is 0 Å². The summed E-state index contributed by atoms with van der Waals surface area (Å²) in [6.45, 7) is 0.123. The van der Waals surface area contributed by atoms with E-state index in [4.69, 9.17) is 5.73 Å². The van der Waals surface area contributed by atoms with Crippen LogP contribution in [0.5, 0.6) is 0 Å². The minimum atomic E-state index is -3.12. The molecular weight excluding hydrogens is 273 g/mol. The number of benzene rings is 1. The van der Waals surface area contributed by atoms with Gasteiger partial charge < -0.3 is 5.73 Å². The summed E-state index contributed by atoms with van der Waals surface area (Å²) in [6.07, 6.45) is 1.13. The molecule has 0 radical (unpaired) electrons. The van der Waals surface area contributed by atoms with Gasteiger partial charge in [0.05, 0.1) is 18.0 Å². The van der Waals surface area contributed by atoms with Crippen LogP contribution in [0.2, 0.25) is 0 Å². The van der Waals surface area contributed by atoms with E-state index >= 15 is 0 Å². The lowest BCUT2D eigenvalue weighted by Gasteiger charge is -2.05. The van der Waals surface area contributed by atoms with E-state index in [2.05, 4.69) is 15.5 Å². The number of anilines is 1. The average molecular weight is 285 g/mol. The first kappa shape index (κ1) is 13.4. The van der Waals surface area contributed by atoms with Crippen molar-refractivity contribution in [3.8, 4) is 11.4 Å². The number of nitrogen functional groups attached to an aromatic ring is 1. The van der Waals surface area contributed by atoms with Gasteiger partial charge in [0.25, 0.3) is 0 Å². The second kappa shape index (κ2) is 4.92. The van der Waals surface area contributed by atoms with Gasteiger partial charge in [-0.05, 0) is 28.6 Å². The smallest absolute Gasteiger partial charge is 0.182 e. The Balaban J connectivity index is 2.30. The second-order valence-electron chi connectivity index (χ2n) is 4.09. The van der Waals surface area contributed by atoms with Gasteiger partial charge in [-0.15, -0.1) is 5.10 Å². The molecule has 9 heteroatoms. The number of aromatic nitrogens is 4. The quantitative estimate of drug-likeness (QED) is 0.799. The maximum atomic E-state index is 13.1. The number of hydrogen-bond acceptors (Lipinski definition) is 6. The van der Waals surface area contributed by atoms with E-state index in [9.17, 15) is 12.8 Å². The predicted molar refractivity (Wildman–Crippen MR) is 67.3 cm³/mol. The largest absolute Gasteiger partial charge is 0.396 e. The van der Waals surface area contributed by atoms with Gasteiger partial charge >= 0.3 is 0 Å². The third kappa shape index (κ3) is 3.25. The topological polar surface area (TPSA) is 104 Å². The van der Waals surface area contributed by atoms with Crippen molar-refractivity contribution in [1.29, 1.82) is 0 Å². The average Bonchev–Trinajstić information content (AvgIpc) is 2.77. The highest BCUT2D eigenvalue weighted by atomic mass is 32.2. The second-order valence-corrected chi connectivity index (χ2v) is 6.35. The molecule has 2 N–H and O–H groups in total. The maximum absolute atomic E-state index is 13.1. The molecule has 0 spiro atoms. The molecule has 2 rings (SSSR count). The van der Waals surface area contributed by atoms with E-state index < -0.39 is 15.7 Å². The van der Waals surface area contributed by atoms with E-state index in [1.807, 2.05) is 0 Å². The summed E-state index contributed by atoms with van der Waals surface area (Å²) in [5, 5.41) is 11.0. The molecule has 0 fully saturated rings. The molecule has 0 unspecified atom stereocenters. The summed E-state index contributed by atoms with van der Waals surface area (Å²) in [5.41, 5.74) is 5.98. The molecule has 0 amide bonds. The Labute approximate surface area is 109 Å². The molecule has 0 aliphatic carbocycles. The number of tetrazole rings is 1. The van der Waals surface area contributed by atoms with Gasteiger partial charge in [0.1, 0.15) is 15.7 Å². The van der Waals surface area contributed by atoms with E-state index in [1.165, 1.54) is 22.9 Å². The van der Waals surface area contributed by atoms with Gasteiger partial charge in [0.15, 0.2) is 5.82 Å². The molecule has 102 valence electrons. The molecule has 0 bridgehead atoms. The van der Waals surface area contributed by atoms with Crippen LogP contribution in [0.1, 0.15) is 0 Å². The standard InChI is InChI=1S/C10H12FN5O2S/c1-19(17,18)5-4-16-10(13-14-15-16)7-2-3-8(11)9(12)6-7/h2-3,6H,4-5,12H2,1H3. The van der Waals surface area contributed by atoms with Crippen molar-refractivity contribution < 1.29 is 12.8 Å². The lowest BCUT2D eigenvalue weighted by molar-refractivity contribution is 0.581. The summed E-state index contributed by atoms with van der Waals surface area (Å²) in [5.74, 6) is -0.268. The number of hydrogen-bond donors (Lipinski definition) is 1. The molecule has 0 saturated carbocycles. The third-order valence-corrected chi connectivity index (χ3v) is 3.38. The van der Waals surface area contributed by atoms with E-state index in [0.29, 0.717) is 11.4 Å². The zero-order chi connectivity index (χ0) is 14.0. The lowest BCUT2D eigenvalue weighted by atomic mass is 10.2. The molecular formula is C10H12FN5O2S. The number of sulfone groups is 1. The van der Waals surface area contributed by atoms with Crippen molar-refractivity contribution in [2.24, 2.45) is 0 Å². The first-order valence-electron chi connectivity index (χ1n) is 5.36. The van der Waals surface area contributed by atoms with Crippen LogP contribution in [-0.4, -0.2) is 40.6 Å². The summed E-state index contributed by atoms with van der Waals surface area (Å²) in [4.78, 5) is 0. The fourth-order valence-corrected chi connectivity index (χ4v) is 2.00. The van der Waals surface area contributed by atoms with Crippen LogP contribution in [0.15, 0.2) is 18.2 Å². The van der Waals surface area contributed by atoms with Crippen LogP contribution in [0.4, 0.5) is 10.1 Å². The zero-order valence-electron chi connectivity index (χ0n) is 10.1. The maximum Gasteiger partial charge on any atom is 0.182 e. The summed E-state index contributed by atoms with van der Waals surface area (Å²) in [7, 11) is -3.12.